The summed E-state index contributed by atoms with van der Waals surface area (Å²) < 4.78 is 5.48. The van der Waals surface area contributed by atoms with Crippen molar-refractivity contribution in [2.45, 2.75) is 6.92 Å². The molecule has 6 heteroatoms. The van der Waals surface area contributed by atoms with E-state index in [0.29, 0.717) is 5.75 Å². The maximum atomic E-state index is 11.1. The highest BCUT2D eigenvalue weighted by Crippen LogP contribution is 2.27. The lowest BCUT2D eigenvalue weighted by Crippen LogP contribution is -2.00. The summed E-state index contributed by atoms with van der Waals surface area (Å²) in [6, 6.07) is 10.2. The van der Waals surface area contributed by atoms with E-state index < -0.39 is 10.9 Å². The predicted molar refractivity (Wildman–Crippen MR) is 71.3 cm³/mol. The minimum Gasteiger partial charge on any atom is -0.478 e. The average molecular weight is 273 g/mol. The summed E-state index contributed by atoms with van der Waals surface area (Å²) in [7, 11) is 0. The van der Waals surface area contributed by atoms with E-state index in [0.717, 1.165) is 5.56 Å². The molecule has 0 heterocycles. The maximum Gasteiger partial charge on any atom is 0.339 e. The first-order valence-electron chi connectivity index (χ1n) is 5.73. The second kappa shape index (κ2) is 5.40. The van der Waals surface area contributed by atoms with Gasteiger partial charge in [0.15, 0.2) is 0 Å². The molecule has 2 aromatic rings. The highest BCUT2D eigenvalue weighted by Gasteiger charge is 2.13. The quantitative estimate of drug-likeness (QED) is 0.681. The molecule has 2 aromatic carbocycles. The Bertz CT molecular complexity index is 664. The Kier molecular flexibility index (Phi) is 3.65. The molecule has 0 amide bonds. The van der Waals surface area contributed by atoms with Crippen LogP contribution in [0.25, 0.3) is 0 Å². The average Bonchev–Trinajstić information content (AvgIpc) is 2.39. The fourth-order valence-corrected chi connectivity index (χ4v) is 1.65. The first-order valence-corrected chi connectivity index (χ1v) is 5.73. The highest BCUT2D eigenvalue weighted by molar-refractivity contribution is 5.91. The van der Waals surface area contributed by atoms with Crippen molar-refractivity contribution in [3.63, 3.8) is 0 Å². The molecule has 0 atom stereocenters. The number of ether oxygens (including phenoxy) is 1. The van der Waals surface area contributed by atoms with E-state index in [1.807, 2.05) is 6.92 Å². The van der Waals surface area contributed by atoms with Crippen LogP contribution in [0.3, 0.4) is 0 Å². The minimum atomic E-state index is -1.10. The Labute approximate surface area is 114 Å². The zero-order valence-electron chi connectivity index (χ0n) is 10.6. The SMILES string of the molecule is Cc1ccc(C(=O)O)c(Oc2ccc([N+](=O)[O-])cc2)c1. The zero-order chi connectivity index (χ0) is 14.7. The molecule has 0 aliphatic carbocycles. The molecule has 0 fully saturated rings. The second-order valence-electron chi connectivity index (χ2n) is 4.16. The number of non-ortho nitro benzene ring substituents is 1. The van der Waals surface area contributed by atoms with Gasteiger partial charge in [-0.2, -0.15) is 0 Å². The van der Waals surface area contributed by atoms with Crippen molar-refractivity contribution in [3.05, 3.63) is 63.7 Å². The van der Waals surface area contributed by atoms with Crippen LogP contribution < -0.4 is 4.74 Å². The third kappa shape index (κ3) is 2.92. The molecule has 0 saturated heterocycles. The van der Waals surface area contributed by atoms with Crippen LogP contribution in [-0.4, -0.2) is 16.0 Å². The van der Waals surface area contributed by atoms with Gasteiger partial charge in [-0.05, 0) is 36.8 Å². The van der Waals surface area contributed by atoms with Crippen molar-refractivity contribution in [2.75, 3.05) is 0 Å². The summed E-state index contributed by atoms with van der Waals surface area (Å²) >= 11 is 0. The molecule has 0 spiro atoms. The summed E-state index contributed by atoms with van der Waals surface area (Å²) in [6.07, 6.45) is 0. The van der Waals surface area contributed by atoms with Gasteiger partial charge in [-0.25, -0.2) is 4.79 Å². The van der Waals surface area contributed by atoms with E-state index in [9.17, 15) is 14.9 Å². The van der Waals surface area contributed by atoms with Crippen LogP contribution in [0.4, 0.5) is 5.69 Å². The van der Waals surface area contributed by atoms with Gasteiger partial charge in [0.05, 0.1) is 4.92 Å². The molecular weight excluding hydrogens is 262 g/mol. The molecule has 0 saturated carbocycles. The third-order valence-electron chi connectivity index (χ3n) is 2.64. The maximum absolute atomic E-state index is 11.1. The minimum absolute atomic E-state index is 0.0361. The number of aromatic carboxylic acids is 1. The molecular formula is C14H11NO5. The number of nitrogens with zero attached hydrogens (tertiary/aromatic N) is 1. The van der Waals surface area contributed by atoms with Crippen molar-refractivity contribution in [1.82, 2.24) is 0 Å². The van der Waals surface area contributed by atoms with Crippen LogP contribution in [-0.2, 0) is 0 Å². The number of carboxylic acid groups (broad SMARTS) is 1. The van der Waals surface area contributed by atoms with Gasteiger partial charge in [-0.1, -0.05) is 6.07 Å². The lowest BCUT2D eigenvalue weighted by Gasteiger charge is -2.09. The predicted octanol–water partition coefficient (Wildman–Crippen LogP) is 3.39. The van der Waals surface area contributed by atoms with Gasteiger partial charge in [0, 0.05) is 12.1 Å². The van der Waals surface area contributed by atoms with E-state index in [1.54, 1.807) is 12.1 Å². The van der Waals surface area contributed by atoms with E-state index in [1.165, 1.54) is 30.3 Å². The van der Waals surface area contributed by atoms with Gasteiger partial charge in [-0.15, -0.1) is 0 Å². The van der Waals surface area contributed by atoms with Gasteiger partial charge >= 0.3 is 5.97 Å². The van der Waals surface area contributed by atoms with Gasteiger partial charge in [0.2, 0.25) is 0 Å². The van der Waals surface area contributed by atoms with Crippen LogP contribution in [0, 0.1) is 17.0 Å². The Balaban J connectivity index is 2.31. The molecule has 0 aromatic heterocycles. The summed E-state index contributed by atoms with van der Waals surface area (Å²) in [4.78, 5) is 21.1. The van der Waals surface area contributed by atoms with E-state index in [4.69, 9.17) is 9.84 Å². The highest BCUT2D eigenvalue weighted by atomic mass is 16.6. The molecule has 102 valence electrons. The molecule has 0 radical (unpaired) electrons. The van der Waals surface area contributed by atoms with Crippen LogP contribution in [0.1, 0.15) is 15.9 Å². The lowest BCUT2D eigenvalue weighted by atomic mass is 10.1. The summed E-state index contributed by atoms with van der Waals surface area (Å²) in [5.74, 6) is -0.558. The molecule has 0 aliphatic rings. The first kappa shape index (κ1) is 13.5. The number of nitro groups is 1. The number of nitro benzene ring substituents is 1. The Morgan fingerprint density at radius 3 is 2.40 bits per heavy atom. The van der Waals surface area contributed by atoms with E-state index in [2.05, 4.69) is 0 Å². The monoisotopic (exact) mass is 273 g/mol. The molecule has 2 rings (SSSR count). The first-order chi connectivity index (χ1) is 9.47. The number of benzene rings is 2. The Morgan fingerprint density at radius 1 is 1.20 bits per heavy atom. The summed E-state index contributed by atoms with van der Waals surface area (Å²) in [5, 5.41) is 19.6. The number of hydrogen-bond donors (Lipinski definition) is 1. The number of aryl methyl sites for hydroxylation is 1. The van der Waals surface area contributed by atoms with Crippen molar-refractivity contribution >= 4 is 11.7 Å². The molecule has 6 nitrogen and oxygen atoms in total. The molecule has 0 unspecified atom stereocenters. The van der Waals surface area contributed by atoms with E-state index in [-0.39, 0.29) is 17.0 Å². The normalized spacial score (nSPS) is 10.1. The number of hydrogen-bond acceptors (Lipinski definition) is 4. The van der Waals surface area contributed by atoms with Crippen molar-refractivity contribution in [2.24, 2.45) is 0 Å². The summed E-state index contributed by atoms with van der Waals surface area (Å²) in [5.41, 5.74) is 0.834. The smallest absolute Gasteiger partial charge is 0.339 e. The van der Waals surface area contributed by atoms with Gasteiger partial charge < -0.3 is 9.84 Å². The third-order valence-corrected chi connectivity index (χ3v) is 2.64. The largest absolute Gasteiger partial charge is 0.478 e. The fraction of sp³-hybridized carbons (Fsp3) is 0.0714. The van der Waals surface area contributed by atoms with Crippen molar-refractivity contribution < 1.29 is 19.6 Å². The number of carbonyl (C=O) groups is 1. The molecule has 20 heavy (non-hydrogen) atoms. The lowest BCUT2D eigenvalue weighted by molar-refractivity contribution is -0.384. The Morgan fingerprint density at radius 2 is 1.85 bits per heavy atom. The second-order valence-corrected chi connectivity index (χ2v) is 4.16. The fourth-order valence-electron chi connectivity index (χ4n) is 1.65. The van der Waals surface area contributed by atoms with Crippen LogP contribution in [0.2, 0.25) is 0 Å². The Hall–Kier alpha value is -2.89. The molecule has 1 N–H and O–H groups in total. The summed E-state index contributed by atoms with van der Waals surface area (Å²) in [6.45, 7) is 1.81. The topological polar surface area (TPSA) is 89.7 Å². The van der Waals surface area contributed by atoms with Crippen molar-refractivity contribution in [1.29, 1.82) is 0 Å². The number of rotatable bonds is 4. The number of carboxylic acids is 1. The van der Waals surface area contributed by atoms with Crippen LogP contribution in [0.5, 0.6) is 11.5 Å². The van der Waals surface area contributed by atoms with E-state index >= 15 is 0 Å². The zero-order valence-corrected chi connectivity index (χ0v) is 10.6. The van der Waals surface area contributed by atoms with Crippen LogP contribution >= 0.6 is 0 Å². The molecule has 0 bridgehead atoms. The van der Waals surface area contributed by atoms with Gasteiger partial charge in [0.1, 0.15) is 17.1 Å². The van der Waals surface area contributed by atoms with Gasteiger partial charge in [-0.3, -0.25) is 10.1 Å². The van der Waals surface area contributed by atoms with Crippen molar-refractivity contribution in [3.8, 4) is 11.5 Å². The van der Waals surface area contributed by atoms with Gasteiger partial charge in [0.25, 0.3) is 5.69 Å². The standard InChI is InChI=1S/C14H11NO5/c1-9-2-7-12(14(16)17)13(8-9)20-11-5-3-10(4-6-11)15(18)19/h2-8H,1H3,(H,16,17). The van der Waals surface area contributed by atoms with Crippen LogP contribution in [0.15, 0.2) is 42.5 Å². The molecule has 0 aliphatic heterocycles.